The molecule has 2 aliphatic heterocycles. The lowest BCUT2D eigenvalue weighted by Crippen LogP contribution is -2.44. The van der Waals surface area contributed by atoms with E-state index >= 15 is 0 Å². The molecule has 148 valence electrons. The second-order valence-corrected chi connectivity index (χ2v) is 8.04. The zero-order valence-electron chi connectivity index (χ0n) is 16.5. The van der Waals surface area contributed by atoms with Crippen molar-refractivity contribution in [1.29, 1.82) is 0 Å². The van der Waals surface area contributed by atoms with Gasteiger partial charge in [-0.1, -0.05) is 60.7 Å². The molecule has 2 saturated heterocycles. The lowest BCUT2D eigenvalue weighted by Gasteiger charge is -2.36. The Hall–Kier alpha value is -2.17. The summed E-state index contributed by atoms with van der Waals surface area (Å²) in [5.41, 5.74) is 2.06. The summed E-state index contributed by atoms with van der Waals surface area (Å²) in [4.78, 5) is 15.5. The van der Waals surface area contributed by atoms with Crippen LogP contribution in [0.2, 0.25) is 0 Å². The Kier molecular flexibility index (Phi) is 6.08. The average Bonchev–Trinajstić information content (AvgIpc) is 2.93. The van der Waals surface area contributed by atoms with E-state index < -0.39 is 0 Å². The van der Waals surface area contributed by atoms with Gasteiger partial charge in [-0.15, -0.1) is 0 Å². The molecule has 0 aliphatic carbocycles. The molecule has 4 rings (SSSR count). The molecule has 0 radical (unpaired) electrons. The van der Waals surface area contributed by atoms with Crippen molar-refractivity contribution in [3.63, 3.8) is 0 Å². The molecule has 2 bridgehead atoms. The van der Waals surface area contributed by atoms with Crippen molar-refractivity contribution in [1.82, 2.24) is 4.90 Å². The van der Waals surface area contributed by atoms with E-state index in [0.717, 1.165) is 24.0 Å². The van der Waals surface area contributed by atoms with Crippen LogP contribution in [-0.4, -0.2) is 42.7 Å². The standard InChI is InChI=1S/C24H29NO3/c1-25-20-12-13-21(25)15-22(14-20)28-24(26)23(19-10-6-3-7-11-19)17-27-16-18-8-4-2-5-9-18/h2-11,20-23H,12-17H2,1H3/t20-,21+,22?,23?. The van der Waals surface area contributed by atoms with Crippen molar-refractivity contribution in [2.45, 2.75) is 56.4 Å². The smallest absolute Gasteiger partial charge is 0.316 e. The minimum atomic E-state index is -0.387. The van der Waals surface area contributed by atoms with Crippen molar-refractivity contribution in [2.75, 3.05) is 13.7 Å². The summed E-state index contributed by atoms with van der Waals surface area (Å²) in [6, 6.07) is 21.0. The number of esters is 1. The van der Waals surface area contributed by atoms with Crippen LogP contribution in [0.1, 0.15) is 42.7 Å². The number of carbonyl (C=O) groups is 1. The van der Waals surface area contributed by atoms with Gasteiger partial charge in [0.15, 0.2) is 0 Å². The third-order valence-electron chi connectivity index (χ3n) is 6.22. The summed E-state index contributed by atoms with van der Waals surface area (Å²) in [7, 11) is 2.20. The van der Waals surface area contributed by atoms with E-state index in [0.29, 0.717) is 25.3 Å². The Balaban J connectivity index is 1.39. The molecular formula is C24H29NO3. The number of hydrogen-bond acceptors (Lipinski definition) is 4. The Morgan fingerprint density at radius 1 is 1.00 bits per heavy atom. The predicted molar refractivity (Wildman–Crippen MR) is 109 cm³/mol. The predicted octanol–water partition coefficient (Wildman–Crippen LogP) is 4.16. The maximum atomic E-state index is 13.1. The maximum Gasteiger partial charge on any atom is 0.316 e. The minimum Gasteiger partial charge on any atom is -0.462 e. The fourth-order valence-electron chi connectivity index (χ4n) is 4.56. The van der Waals surface area contributed by atoms with E-state index in [2.05, 4.69) is 11.9 Å². The van der Waals surface area contributed by atoms with Gasteiger partial charge in [0.05, 0.1) is 13.2 Å². The number of carbonyl (C=O) groups excluding carboxylic acids is 1. The second kappa shape index (κ2) is 8.89. The molecule has 0 saturated carbocycles. The van der Waals surface area contributed by atoms with E-state index in [-0.39, 0.29) is 18.0 Å². The quantitative estimate of drug-likeness (QED) is 0.678. The van der Waals surface area contributed by atoms with E-state index in [1.54, 1.807) is 0 Å². The van der Waals surface area contributed by atoms with Gasteiger partial charge in [-0.3, -0.25) is 4.79 Å². The normalized spacial score (nSPS) is 25.4. The lowest BCUT2D eigenvalue weighted by molar-refractivity contribution is -0.156. The SMILES string of the molecule is CN1[C@@H]2CC[C@H]1CC(OC(=O)C(COCc1ccccc1)c1ccccc1)C2. The van der Waals surface area contributed by atoms with Crippen molar-refractivity contribution < 1.29 is 14.3 Å². The first-order valence-corrected chi connectivity index (χ1v) is 10.3. The molecule has 4 atom stereocenters. The molecule has 2 aliphatic rings. The third kappa shape index (κ3) is 4.45. The third-order valence-corrected chi connectivity index (χ3v) is 6.22. The van der Waals surface area contributed by atoms with Crippen molar-refractivity contribution in [3.05, 3.63) is 71.8 Å². The van der Waals surface area contributed by atoms with E-state index in [1.807, 2.05) is 60.7 Å². The van der Waals surface area contributed by atoms with Crippen LogP contribution in [-0.2, 0) is 20.9 Å². The highest BCUT2D eigenvalue weighted by atomic mass is 16.5. The highest BCUT2D eigenvalue weighted by Crippen LogP contribution is 2.36. The van der Waals surface area contributed by atoms with Crippen LogP contribution < -0.4 is 0 Å². The first-order chi connectivity index (χ1) is 13.7. The first kappa shape index (κ1) is 19.2. The van der Waals surface area contributed by atoms with E-state index in [4.69, 9.17) is 9.47 Å². The second-order valence-electron chi connectivity index (χ2n) is 8.04. The van der Waals surface area contributed by atoms with Gasteiger partial charge >= 0.3 is 5.97 Å². The fourth-order valence-corrected chi connectivity index (χ4v) is 4.56. The summed E-state index contributed by atoms with van der Waals surface area (Å²) in [5.74, 6) is -0.546. The van der Waals surface area contributed by atoms with Crippen LogP contribution in [0, 0.1) is 0 Å². The molecule has 2 aromatic carbocycles. The number of hydrogen-bond donors (Lipinski definition) is 0. The number of nitrogens with zero attached hydrogens (tertiary/aromatic N) is 1. The van der Waals surface area contributed by atoms with Crippen LogP contribution in [0.15, 0.2) is 60.7 Å². The van der Waals surface area contributed by atoms with Gasteiger partial charge in [-0.25, -0.2) is 0 Å². The fraction of sp³-hybridized carbons (Fsp3) is 0.458. The molecule has 0 amide bonds. The maximum absolute atomic E-state index is 13.1. The van der Waals surface area contributed by atoms with Crippen molar-refractivity contribution >= 4 is 5.97 Å². The number of piperidine rings is 1. The molecule has 0 N–H and O–H groups in total. The molecule has 0 spiro atoms. The topological polar surface area (TPSA) is 38.8 Å². The zero-order chi connectivity index (χ0) is 19.3. The molecule has 2 unspecified atom stereocenters. The van der Waals surface area contributed by atoms with Crippen molar-refractivity contribution in [2.24, 2.45) is 0 Å². The monoisotopic (exact) mass is 379 g/mol. The summed E-state index contributed by atoms with van der Waals surface area (Å²) in [5, 5.41) is 0. The van der Waals surface area contributed by atoms with Crippen LogP contribution >= 0.6 is 0 Å². The molecular weight excluding hydrogens is 350 g/mol. The van der Waals surface area contributed by atoms with Gasteiger partial charge in [0, 0.05) is 12.1 Å². The highest BCUT2D eigenvalue weighted by Gasteiger charge is 2.40. The number of rotatable bonds is 7. The molecule has 2 heterocycles. The summed E-state index contributed by atoms with van der Waals surface area (Å²) in [6.45, 7) is 0.826. The molecule has 4 nitrogen and oxygen atoms in total. The Morgan fingerprint density at radius 3 is 2.25 bits per heavy atom. The Morgan fingerprint density at radius 2 is 1.61 bits per heavy atom. The van der Waals surface area contributed by atoms with Gasteiger partial charge in [0.25, 0.3) is 0 Å². The van der Waals surface area contributed by atoms with Crippen LogP contribution in [0.4, 0.5) is 0 Å². The van der Waals surface area contributed by atoms with Gasteiger partial charge in [0.1, 0.15) is 12.0 Å². The molecule has 0 aromatic heterocycles. The molecule has 2 fully saturated rings. The highest BCUT2D eigenvalue weighted by molar-refractivity contribution is 5.78. The largest absolute Gasteiger partial charge is 0.462 e. The summed E-state index contributed by atoms with van der Waals surface area (Å²) in [6.07, 6.45) is 4.37. The molecule has 28 heavy (non-hydrogen) atoms. The van der Waals surface area contributed by atoms with E-state index in [9.17, 15) is 4.79 Å². The van der Waals surface area contributed by atoms with Crippen LogP contribution in [0.5, 0.6) is 0 Å². The van der Waals surface area contributed by atoms with Crippen LogP contribution in [0.3, 0.4) is 0 Å². The lowest BCUT2D eigenvalue weighted by atomic mass is 9.98. The van der Waals surface area contributed by atoms with Gasteiger partial charge in [0.2, 0.25) is 0 Å². The molecule has 4 heteroatoms. The van der Waals surface area contributed by atoms with E-state index in [1.165, 1.54) is 12.8 Å². The summed E-state index contributed by atoms with van der Waals surface area (Å²) < 4.78 is 11.9. The van der Waals surface area contributed by atoms with Gasteiger partial charge in [-0.2, -0.15) is 0 Å². The summed E-state index contributed by atoms with van der Waals surface area (Å²) >= 11 is 0. The van der Waals surface area contributed by atoms with Gasteiger partial charge in [-0.05, 0) is 43.9 Å². The average molecular weight is 380 g/mol. The Labute approximate surface area is 167 Å². The number of fused-ring (bicyclic) bond motifs is 2. The minimum absolute atomic E-state index is 0.0292. The number of ether oxygens (including phenoxy) is 2. The van der Waals surface area contributed by atoms with Crippen LogP contribution in [0.25, 0.3) is 0 Å². The molecule has 2 aromatic rings. The first-order valence-electron chi connectivity index (χ1n) is 10.3. The zero-order valence-corrected chi connectivity index (χ0v) is 16.5. The van der Waals surface area contributed by atoms with Gasteiger partial charge < -0.3 is 14.4 Å². The number of benzene rings is 2. The van der Waals surface area contributed by atoms with Crippen molar-refractivity contribution in [3.8, 4) is 0 Å². The Bertz CT molecular complexity index is 750.